The lowest BCUT2D eigenvalue weighted by molar-refractivity contribution is 0.0690. The minimum atomic E-state index is -1.09. The van der Waals surface area contributed by atoms with Crippen molar-refractivity contribution >= 4 is 11.9 Å². The van der Waals surface area contributed by atoms with Gasteiger partial charge in [-0.1, -0.05) is 0 Å². The van der Waals surface area contributed by atoms with E-state index < -0.39 is 5.97 Å². The second-order valence-electron chi connectivity index (χ2n) is 4.56. The molecule has 102 valence electrons. The van der Waals surface area contributed by atoms with Crippen LogP contribution in [0.3, 0.4) is 0 Å². The number of nitrogens with zero attached hydrogens (tertiary/aromatic N) is 2. The molecule has 1 heterocycles. The predicted molar refractivity (Wildman–Crippen MR) is 69.0 cm³/mol. The van der Waals surface area contributed by atoms with Crippen LogP contribution < -0.4 is 0 Å². The van der Waals surface area contributed by atoms with Gasteiger partial charge in [0.25, 0.3) is 5.91 Å². The second kappa shape index (κ2) is 5.57. The average Bonchev–Trinajstić information content (AvgIpc) is 2.63. The Bertz CT molecular complexity index is 554. The Morgan fingerprint density at radius 2 is 2.05 bits per heavy atom. The highest BCUT2D eigenvalue weighted by atomic mass is 16.4. The Morgan fingerprint density at radius 3 is 2.47 bits per heavy atom. The van der Waals surface area contributed by atoms with Gasteiger partial charge in [0.15, 0.2) is 0 Å². The molecule has 6 nitrogen and oxygen atoms in total. The molecule has 1 unspecified atom stereocenters. The van der Waals surface area contributed by atoms with Gasteiger partial charge >= 0.3 is 5.97 Å². The summed E-state index contributed by atoms with van der Waals surface area (Å²) >= 11 is 0. The average molecular weight is 263 g/mol. The van der Waals surface area contributed by atoms with Crippen LogP contribution in [-0.2, 0) is 0 Å². The standard InChI is InChI=1S/C13H17N3O3/c1-7(5-6-14)16(4)12(17)10-8(2)11(13(18)19)15-9(10)3/h7,15H,5H2,1-4H3,(H,18,19). The van der Waals surface area contributed by atoms with E-state index in [9.17, 15) is 9.59 Å². The summed E-state index contributed by atoms with van der Waals surface area (Å²) in [5.41, 5.74) is 1.34. The number of aromatic carboxylic acids is 1. The first kappa shape index (κ1) is 14.8. The summed E-state index contributed by atoms with van der Waals surface area (Å²) < 4.78 is 0. The quantitative estimate of drug-likeness (QED) is 0.863. The van der Waals surface area contributed by atoms with Crippen LogP contribution in [0.25, 0.3) is 0 Å². The van der Waals surface area contributed by atoms with Gasteiger partial charge in [0.2, 0.25) is 0 Å². The van der Waals surface area contributed by atoms with E-state index in [4.69, 9.17) is 10.4 Å². The molecule has 1 atom stereocenters. The fourth-order valence-electron chi connectivity index (χ4n) is 1.93. The zero-order valence-corrected chi connectivity index (χ0v) is 11.4. The van der Waals surface area contributed by atoms with Gasteiger partial charge in [0.05, 0.1) is 18.1 Å². The van der Waals surface area contributed by atoms with Gasteiger partial charge in [-0.2, -0.15) is 5.26 Å². The topological polar surface area (TPSA) is 97.2 Å². The molecule has 0 spiro atoms. The number of nitrogens with one attached hydrogen (secondary N) is 1. The molecule has 0 aliphatic rings. The van der Waals surface area contributed by atoms with Crippen molar-refractivity contribution in [3.8, 4) is 6.07 Å². The number of hydrogen-bond acceptors (Lipinski definition) is 3. The Labute approximate surface area is 111 Å². The minimum absolute atomic E-state index is 0.0298. The number of nitriles is 1. The first-order valence-corrected chi connectivity index (χ1v) is 5.87. The molecule has 0 aromatic carbocycles. The first-order chi connectivity index (χ1) is 8.81. The highest BCUT2D eigenvalue weighted by Crippen LogP contribution is 2.20. The molecule has 1 aromatic heterocycles. The number of carboxylic acid groups (broad SMARTS) is 1. The number of aromatic amines is 1. The Balaban J connectivity index is 3.14. The van der Waals surface area contributed by atoms with Crippen molar-refractivity contribution in [1.82, 2.24) is 9.88 Å². The molecule has 6 heteroatoms. The lowest BCUT2D eigenvalue weighted by Gasteiger charge is -2.23. The zero-order chi connectivity index (χ0) is 14.7. The molecule has 1 rings (SSSR count). The van der Waals surface area contributed by atoms with Crippen molar-refractivity contribution in [3.05, 3.63) is 22.5 Å². The van der Waals surface area contributed by atoms with Gasteiger partial charge in [-0.05, 0) is 26.3 Å². The highest BCUT2D eigenvalue weighted by molar-refractivity contribution is 6.00. The number of carbonyl (C=O) groups is 2. The van der Waals surface area contributed by atoms with Gasteiger partial charge in [-0.25, -0.2) is 4.79 Å². The Hall–Kier alpha value is -2.29. The lowest BCUT2D eigenvalue weighted by atomic mass is 10.1. The van der Waals surface area contributed by atoms with Crippen LogP contribution >= 0.6 is 0 Å². The molecule has 1 aromatic rings. The summed E-state index contributed by atoms with van der Waals surface area (Å²) in [5.74, 6) is -1.37. The number of rotatable bonds is 4. The van der Waals surface area contributed by atoms with Crippen molar-refractivity contribution in [1.29, 1.82) is 5.26 Å². The van der Waals surface area contributed by atoms with Gasteiger partial charge in [-0.3, -0.25) is 4.79 Å². The van der Waals surface area contributed by atoms with Crippen LogP contribution in [0, 0.1) is 25.2 Å². The fraction of sp³-hybridized carbons (Fsp3) is 0.462. The maximum Gasteiger partial charge on any atom is 0.352 e. The third kappa shape index (κ3) is 2.76. The summed E-state index contributed by atoms with van der Waals surface area (Å²) in [6.45, 7) is 5.04. The van der Waals surface area contributed by atoms with Gasteiger partial charge in [0.1, 0.15) is 5.69 Å². The fourth-order valence-corrected chi connectivity index (χ4v) is 1.93. The van der Waals surface area contributed by atoms with Crippen LogP contribution in [0.1, 0.15) is 45.4 Å². The van der Waals surface area contributed by atoms with Crippen LogP contribution in [-0.4, -0.2) is 40.0 Å². The number of amides is 1. The van der Waals surface area contributed by atoms with Crippen LogP contribution in [0.4, 0.5) is 0 Å². The maximum atomic E-state index is 12.3. The van der Waals surface area contributed by atoms with E-state index in [0.29, 0.717) is 16.8 Å². The minimum Gasteiger partial charge on any atom is -0.477 e. The maximum absolute atomic E-state index is 12.3. The molecule has 2 N–H and O–H groups in total. The molecule has 0 saturated heterocycles. The predicted octanol–water partition coefficient (Wildman–Crippen LogP) is 1.70. The summed E-state index contributed by atoms with van der Waals surface area (Å²) in [4.78, 5) is 27.5. The van der Waals surface area contributed by atoms with Crippen molar-refractivity contribution in [3.63, 3.8) is 0 Å². The molecule has 0 aliphatic carbocycles. The Morgan fingerprint density at radius 1 is 1.47 bits per heavy atom. The third-order valence-corrected chi connectivity index (χ3v) is 3.23. The summed E-state index contributed by atoms with van der Waals surface area (Å²) in [6.07, 6.45) is 0.233. The summed E-state index contributed by atoms with van der Waals surface area (Å²) in [6, 6.07) is 1.79. The molecule has 0 radical (unpaired) electrons. The van der Waals surface area contributed by atoms with Crippen LogP contribution in [0.2, 0.25) is 0 Å². The summed E-state index contributed by atoms with van der Waals surface area (Å²) in [5, 5.41) is 17.7. The van der Waals surface area contributed by atoms with Gasteiger partial charge in [0, 0.05) is 18.8 Å². The largest absolute Gasteiger partial charge is 0.477 e. The van der Waals surface area contributed by atoms with E-state index in [1.54, 1.807) is 27.8 Å². The van der Waals surface area contributed by atoms with Crippen molar-refractivity contribution < 1.29 is 14.7 Å². The van der Waals surface area contributed by atoms with E-state index >= 15 is 0 Å². The smallest absolute Gasteiger partial charge is 0.352 e. The molecular weight excluding hydrogens is 246 g/mol. The van der Waals surface area contributed by atoms with Crippen molar-refractivity contribution in [2.45, 2.75) is 33.2 Å². The van der Waals surface area contributed by atoms with E-state index in [1.807, 2.05) is 6.07 Å². The van der Waals surface area contributed by atoms with Gasteiger partial charge in [-0.15, -0.1) is 0 Å². The van der Waals surface area contributed by atoms with Gasteiger partial charge < -0.3 is 15.0 Å². The normalized spacial score (nSPS) is 11.7. The number of aryl methyl sites for hydroxylation is 1. The highest BCUT2D eigenvalue weighted by Gasteiger charge is 2.25. The van der Waals surface area contributed by atoms with Crippen LogP contribution in [0.5, 0.6) is 0 Å². The lowest BCUT2D eigenvalue weighted by Crippen LogP contribution is -2.35. The third-order valence-electron chi connectivity index (χ3n) is 3.23. The van der Waals surface area contributed by atoms with Crippen molar-refractivity contribution in [2.24, 2.45) is 0 Å². The molecule has 0 aliphatic heterocycles. The molecule has 0 saturated carbocycles. The Kier molecular flexibility index (Phi) is 4.33. The monoisotopic (exact) mass is 263 g/mol. The second-order valence-corrected chi connectivity index (χ2v) is 4.56. The van der Waals surface area contributed by atoms with E-state index in [0.717, 1.165) is 0 Å². The molecule has 1 amide bonds. The van der Waals surface area contributed by atoms with Crippen molar-refractivity contribution in [2.75, 3.05) is 7.05 Å². The molecule has 0 bridgehead atoms. The van der Waals surface area contributed by atoms with E-state index in [2.05, 4.69) is 4.98 Å². The number of hydrogen-bond donors (Lipinski definition) is 2. The zero-order valence-electron chi connectivity index (χ0n) is 11.4. The first-order valence-electron chi connectivity index (χ1n) is 5.87. The van der Waals surface area contributed by atoms with E-state index in [-0.39, 0.29) is 24.1 Å². The van der Waals surface area contributed by atoms with Crippen LogP contribution in [0.15, 0.2) is 0 Å². The molecule has 0 fully saturated rings. The number of aromatic nitrogens is 1. The number of H-pyrrole nitrogens is 1. The SMILES string of the molecule is Cc1[nH]c(C(=O)O)c(C)c1C(=O)N(C)C(C)CC#N. The summed E-state index contributed by atoms with van der Waals surface area (Å²) in [7, 11) is 1.61. The number of carbonyl (C=O) groups excluding carboxylic acids is 1. The molecular formula is C13H17N3O3. The van der Waals surface area contributed by atoms with E-state index in [1.165, 1.54) is 4.90 Å². The molecule has 19 heavy (non-hydrogen) atoms. The number of carboxylic acids is 1.